The molecule has 2 nitrogen and oxygen atoms in total. The van der Waals surface area contributed by atoms with Crippen LogP contribution in [0.4, 0.5) is 0 Å². The molecule has 1 amide bonds. The monoisotopic (exact) mass is 335 g/mol. The van der Waals surface area contributed by atoms with Crippen molar-refractivity contribution in [2.24, 2.45) is 0 Å². The van der Waals surface area contributed by atoms with Gasteiger partial charge in [-0.15, -0.1) is 0 Å². The van der Waals surface area contributed by atoms with Crippen molar-refractivity contribution in [3.05, 3.63) is 95.0 Å². The molecule has 0 saturated heterocycles. The van der Waals surface area contributed by atoms with E-state index in [1.165, 1.54) is 5.56 Å². The van der Waals surface area contributed by atoms with Crippen molar-refractivity contribution in [2.45, 2.75) is 13.0 Å². The zero-order chi connectivity index (χ0) is 16.9. The molecule has 0 heterocycles. The largest absolute Gasteiger partial charge is 0.346 e. The van der Waals surface area contributed by atoms with E-state index in [1.807, 2.05) is 25.1 Å². The number of rotatable bonds is 4. The lowest BCUT2D eigenvalue weighted by atomic mass is 10.0. The van der Waals surface area contributed by atoms with E-state index in [2.05, 4.69) is 41.7 Å². The third kappa shape index (κ3) is 3.84. The van der Waals surface area contributed by atoms with E-state index >= 15 is 0 Å². The van der Waals surface area contributed by atoms with E-state index < -0.39 is 0 Å². The fraction of sp³-hybridized carbons (Fsp3) is 0.0952. The van der Waals surface area contributed by atoms with Crippen LogP contribution in [0.3, 0.4) is 0 Å². The van der Waals surface area contributed by atoms with Gasteiger partial charge in [-0.1, -0.05) is 66.2 Å². The van der Waals surface area contributed by atoms with E-state index in [9.17, 15) is 4.79 Å². The normalized spacial score (nSPS) is 11.8. The summed E-state index contributed by atoms with van der Waals surface area (Å²) in [6.07, 6.45) is 0. The molecule has 0 unspecified atom stereocenters. The van der Waals surface area contributed by atoms with Gasteiger partial charge in [0.05, 0.1) is 6.04 Å². The number of nitrogens with one attached hydrogen (secondary N) is 1. The summed E-state index contributed by atoms with van der Waals surface area (Å²) in [7, 11) is 0. The Kier molecular flexibility index (Phi) is 4.97. The van der Waals surface area contributed by atoms with Crippen LogP contribution in [0.25, 0.3) is 11.1 Å². The Morgan fingerprint density at radius 1 is 0.833 bits per heavy atom. The minimum Gasteiger partial charge on any atom is -0.346 e. The smallest absolute Gasteiger partial charge is 0.251 e. The van der Waals surface area contributed by atoms with Gasteiger partial charge in [-0.25, -0.2) is 0 Å². The molecular weight excluding hydrogens is 318 g/mol. The quantitative estimate of drug-likeness (QED) is 0.670. The van der Waals surface area contributed by atoms with Crippen molar-refractivity contribution >= 4 is 17.5 Å². The highest BCUT2D eigenvalue weighted by molar-refractivity contribution is 6.30. The minimum atomic E-state index is -0.105. The van der Waals surface area contributed by atoms with Crippen LogP contribution in [0.2, 0.25) is 5.02 Å². The minimum absolute atomic E-state index is 0.0713. The van der Waals surface area contributed by atoms with E-state index in [-0.39, 0.29) is 11.9 Å². The lowest BCUT2D eigenvalue weighted by Gasteiger charge is -2.15. The topological polar surface area (TPSA) is 29.1 Å². The van der Waals surface area contributed by atoms with Crippen molar-refractivity contribution in [3.8, 4) is 11.1 Å². The van der Waals surface area contributed by atoms with Gasteiger partial charge in [0, 0.05) is 10.6 Å². The van der Waals surface area contributed by atoms with Gasteiger partial charge in [-0.05, 0) is 47.9 Å². The Bertz CT molecular complexity index is 811. The fourth-order valence-electron chi connectivity index (χ4n) is 2.56. The van der Waals surface area contributed by atoms with E-state index in [0.29, 0.717) is 10.6 Å². The predicted octanol–water partition coefficient (Wildman–Crippen LogP) is 5.50. The molecule has 0 saturated carbocycles. The molecule has 0 bridgehead atoms. The number of carbonyl (C=O) groups is 1. The third-order valence-corrected chi connectivity index (χ3v) is 4.22. The second-order valence-corrected chi connectivity index (χ2v) is 6.13. The fourth-order valence-corrected chi connectivity index (χ4v) is 2.69. The summed E-state index contributed by atoms with van der Waals surface area (Å²) in [4.78, 5) is 12.3. The summed E-state index contributed by atoms with van der Waals surface area (Å²) in [6, 6.07) is 25.3. The molecule has 3 heteroatoms. The second kappa shape index (κ2) is 7.33. The summed E-state index contributed by atoms with van der Waals surface area (Å²) >= 11 is 5.85. The average molecular weight is 336 g/mol. The maximum absolute atomic E-state index is 12.3. The van der Waals surface area contributed by atoms with Crippen LogP contribution in [0.1, 0.15) is 28.9 Å². The zero-order valence-electron chi connectivity index (χ0n) is 13.4. The van der Waals surface area contributed by atoms with Crippen molar-refractivity contribution in [1.82, 2.24) is 5.32 Å². The molecule has 0 aliphatic heterocycles. The first-order valence-electron chi connectivity index (χ1n) is 7.85. The second-order valence-electron chi connectivity index (χ2n) is 5.69. The average Bonchev–Trinajstić information content (AvgIpc) is 2.63. The number of hydrogen-bond acceptors (Lipinski definition) is 1. The SMILES string of the molecule is C[C@H](NC(=O)c1ccc(Cl)cc1)c1ccc(-c2ccccc2)cc1. The molecule has 3 aromatic rings. The highest BCUT2D eigenvalue weighted by Crippen LogP contribution is 2.22. The number of hydrogen-bond donors (Lipinski definition) is 1. The van der Waals surface area contributed by atoms with Gasteiger partial charge >= 0.3 is 0 Å². The molecule has 0 aliphatic rings. The highest BCUT2D eigenvalue weighted by Gasteiger charge is 2.11. The molecule has 3 rings (SSSR count). The molecule has 0 fully saturated rings. The number of halogens is 1. The van der Waals surface area contributed by atoms with Gasteiger partial charge in [0.25, 0.3) is 5.91 Å². The zero-order valence-corrected chi connectivity index (χ0v) is 14.1. The van der Waals surface area contributed by atoms with E-state index in [1.54, 1.807) is 24.3 Å². The van der Waals surface area contributed by atoms with Gasteiger partial charge in [0.15, 0.2) is 0 Å². The third-order valence-electron chi connectivity index (χ3n) is 3.97. The van der Waals surface area contributed by atoms with E-state index in [4.69, 9.17) is 11.6 Å². The Morgan fingerprint density at radius 2 is 1.42 bits per heavy atom. The Labute approximate surface area is 147 Å². The van der Waals surface area contributed by atoms with Gasteiger partial charge in [-0.2, -0.15) is 0 Å². The molecule has 24 heavy (non-hydrogen) atoms. The molecule has 1 N–H and O–H groups in total. The van der Waals surface area contributed by atoms with Crippen LogP contribution in [-0.2, 0) is 0 Å². The van der Waals surface area contributed by atoms with Crippen molar-refractivity contribution in [1.29, 1.82) is 0 Å². The standard InChI is InChI=1S/C21H18ClNO/c1-15(23-21(24)19-11-13-20(22)14-12-19)16-7-9-18(10-8-16)17-5-3-2-4-6-17/h2-15H,1H3,(H,23,24)/t15-/m0/s1. The molecule has 3 aromatic carbocycles. The molecule has 0 radical (unpaired) electrons. The molecule has 1 atom stereocenters. The summed E-state index contributed by atoms with van der Waals surface area (Å²) < 4.78 is 0. The first kappa shape index (κ1) is 16.3. The number of benzene rings is 3. The van der Waals surface area contributed by atoms with Crippen molar-refractivity contribution in [2.75, 3.05) is 0 Å². The number of carbonyl (C=O) groups excluding carboxylic acids is 1. The van der Waals surface area contributed by atoms with Crippen LogP contribution in [-0.4, -0.2) is 5.91 Å². The molecule has 0 aromatic heterocycles. The predicted molar refractivity (Wildman–Crippen MR) is 99.2 cm³/mol. The van der Waals surface area contributed by atoms with Gasteiger partial charge in [0.2, 0.25) is 0 Å². The molecule has 120 valence electrons. The lowest BCUT2D eigenvalue weighted by Crippen LogP contribution is -2.26. The lowest BCUT2D eigenvalue weighted by molar-refractivity contribution is 0.0940. The Balaban J connectivity index is 1.70. The van der Waals surface area contributed by atoms with Crippen LogP contribution in [0.15, 0.2) is 78.9 Å². The Hall–Kier alpha value is -2.58. The summed E-state index contributed by atoms with van der Waals surface area (Å²) in [5, 5.41) is 3.63. The maximum atomic E-state index is 12.3. The van der Waals surface area contributed by atoms with Crippen LogP contribution >= 0.6 is 11.6 Å². The van der Waals surface area contributed by atoms with Gasteiger partial charge in [0.1, 0.15) is 0 Å². The van der Waals surface area contributed by atoms with Gasteiger partial charge in [-0.3, -0.25) is 4.79 Å². The van der Waals surface area contributed by atoms with Crippen molar-refractivity contribution in [3.63, 3.8) is 0 Å². The van der Waals surface area contributed by atoms with Gasteiger partial charge < -0.3 is 5.32 Å². The summed E-state index contributed by atoms with van der Waals surface area (Å²) in [6.45, 7) is 1.98. The molecular formula is C21H18ClNO. The van der Waals surface area contributed by atoms with Crippen molar-refractivity contribution < 1.29 is 4.79 Å². The summed E-state index contributed by atoms with van der Waals surface area (Å²) in [5.41, 5.74) is 4.02. The van der Waals surface area contributed by atoms with Crippen LogP contribution < -0.4 is 5.32 Å². The molecule has 0 spiro atoms. The van der Waals surface area contributed by atoms with E-state index in [0.717, 1.165) is 11.1 Å². The molecule has 0 aliphatic carbocycles. The summed E-state index contributed by atoms with van der Waals surface area (Å²) in [5.74, 6) is -0.105. The first-order valence-corrected chi connectivity index (χ1v) is 8.23. The van der Waals surface area contributed by atoms with Crippen LogP contribution in [0.5, 0.6) is 0 Å². The maximum Gasteiger partial charge on any atom is 0.251 e. The highest BCUT2D eigenvalue weighted by atomic mass is 35.5. The first-order chi connectivity index (χ1) is 11.6. The Morgan fingerprint density at radius 3 is 2.04 bits per heavy atom. The number of amides is 1. The van der Waals surface area contributed by atoms with Crippen LogP contribution in [0, 0.1) is 0 Å².